The highest BCUT2D eigenvalue weighted by Crippen LogP contribution is 2.38. The first-order chi connectivity index (χ1) is 11.6. The molecule has 8 nitrogen and oxygen atoms in total. The molecule has 0 saturated heterocycles. The van der Waals surface area contributed by atoms with E-state index >= 15 is 0 Å². The molecule has 1 aromatic rings. The number of nitrogens with one attached hydrogen (secondary N) is 3. The van der Waals surface area contributed by atoms with Crippen molar-refractivity contribution < 1.29 is 19.1 Å². The molecule has 0 radical (unpaired) electrons. The fraction of sp³-hybridized carbons (Fsp3) is 0.500. The minimum Gasteiger partial charge on any atom is -0.454 e. The average molecular weight is 371 g/mol. The van der Waals surface area contributed by atoms with Gasteiger partial charge in [0.25, 0.3) is 0 Å². The van der Waals surface area contributed by atoms with E-state index in [0.717, 1.165) is 25.7 Å². The van der Waals surface area contributed by atoms with Crippen LogP contribution in [0.15, 0.2) is 12.1 Å². The second kappa shape index (κ2) is 8.66. The predicted octanol–water partition coefficient (Wildman–Crippen LogP) is 1.99. The van der Waals surface area contributed by atoms with E-state index in [1.807, 2.05) is 0 Å². The lowest BCUT2D eigenvalue weighted by atomic mass is 9.96. The predicted molar refractivity (Wildman–Crippen MR) is 96.3 cm³/mol. The van der Waals surface area contributed by atoms with Gasteiger partial charge in [0, 0.05) is 18.2 Å². The van der Waals surface area contributed by atoms with Gasteiger partial charge in [-0.25, -0.2) is 4.79 Å². The quantitative estimate of drug-likeness (QED) is 0.605. The van der Waals surface area contributed by atoms with E-state index in [1.165, 1.54) is 6.42 Å². The number of benzene rings is 1. The Labute approximate surface area is 152 Å². The third-order valence-electron chi connectivity index (χ3n) is 4.17. The number of rotatable bonds is 4. The highest BCUT2D eigenvalue weighted by atomic mass is 35.5. The van der Waals surface area contributed by atoms with Crippen molar-refractivity contribution in [1.82, 2.24) is 10.6 Å². The molecule has 0 aromatic heterocycles. The number of hydrogen-bond donors (Lipinski definition) is 4. The van der Waals surface area contributed by atoms with Crippen LogP contribution in [0.25, 0.3) is 0 Å². The van der Waals surface area contributed by atoms with Gasteiger partial charge in [0.15, 0.2) is 11.5 Å². The summed E-state index contributed by atoms with van der Waals surface area (Å²) in [6.07, 6.45) is 5.48. The third kappa shape index (κ3) is 5.06. The number of nitrogens with two attached hydrogens (primary N) is 1. The molecule has 2 aliphatic rings. The number of carbonyl (C=O) groups is 2. The van der Waals surface area contributed by atoms with Crippen molar-refractivity contribution in [2.45, 2.75) is 38.1 Å². The van der Waals surface area contributed by atoms with Crippen molar-refractivity contribution in [1.29, 1.82) is 0 Å². The van der Waals surface area contributed by atoms with Gasteiger partial charge >= 0.3 is 6.03 Å². The molecule has 0 spiro atoms. The SMILES string of the molecule is Cl.Nc1cc2c(cc1NC(=O)CNC(=O)NC1CCCCC1)OCO2. The summed E-state index contributed by atoms with van der Waals surface area (Å²) in [6, 6.07) is 3.08. The Balaban J connectivity index is 0.00000225. The number of halogens is 1. The molecule has 5 N–H and O–H groups in total. The first kappa shape index (κ1) is 19.0. The van der Waals surface area contributed by atoms with Gasteiger partial charge in [-0.3, -0.25) is 4.79 Å². The number of hydrogen-bond acceptors (Lipinski definition) is 5. The topological polar surface area (TPSA) is 115 Å². The Kier molecular flexibility index (Phi) is 6.58. The lowest BCUT2D eigenvalue weighted by Crippen LogP contribution is -2.45. The molecule has 1 heterocycles. The van der Waals surface area contributed by atoms with E-state index in [4.69, 9.17) is 15.2 Å². The van der Waals surface area contributed by atoms with E-state index in [1.54, 1.807) is 12.1 Å². The van der Waals surface area contributed by atoms with Crippen LogP contribution in [0.3, 0.4) is 0 Å². The Hall–Kier alpha value is -2.35. The molecular formula is C16H23ClN4O4. The van der Waals surface area contributed by atoms with Crippen molar-refractivity contribution in [3.8, 4) is 11.5 Å². The summed E-state index contributed by atoms with van der Waals surface area (Å²) in [7, 11) is 0. The van der Waals surface area contributed by atoms with E-state index in [-0.39, 0.29) is 43.7 Å². The molecule has 0 bridgehead atoms. The first-order valence-electron chi connectivity index (χ1n) is 8.15. The maximum Gasteiger partial charge on any atom is 0.315 e. The van der Waals surface area contributed by atoms with Crippen LogP contribution in [-0.2, 0) is 4.79 Å². The zero-order valence-corrected chi connectivity index (χ0v) is 14.6. The maximum atomic E-state index is 12.0. The second-order valence-corrected chi connectivity index (χ2v) is 6.00. The molecule has 0 unspecified atom stereocenters. The summed E-state index contributed by atoms with van der Waals surface area (Å²) >= 11 is 0. The van der Waals surface area contributed by atoms with Crippen LogP contribution in [0.4, 0.5) is 16.2 Å². The Morgan fingerprint density at radius 2 is 1.80 bits per heavy atom. The van der Waals surface area contributed by atoms with E-state index in [2.05, 4.69) is 16.0 Å². The van der Waals surface area contributed by atoms with Crippen molar-refractivity contribution in [2.75, 3.05) is 24.4 Å². The molecule has 1 saturated carbocycles. The number of ether oxygens (including phenoxy) is 2. The van der Waals surface area contributed by atoms with Gasteiger partial charge < -0.3 is 31.2 Å². The number of nitrogen functional groups attached to an aromatic ring is 1. The van der Waals surface area contributed by atoms with E-state index in [9.17, 15) is 9.59 Å². The monoisotopic (exact) mass is 370 g/mol. The van der Waals surface area contributed by atoms with Crippen molar-refractivity contribution in [2.24, 2.45) is 0 Å². The van der Waals surface area contributed by atoms with Crippen LogP contribution in [-0.4, -0.2) is 31.3 Å². The smallest absolute Gasteiger partial charge is 0.315 e. The fourth-order valence-corrected chi connectivity index (χ4v) is 2.90. The molecule has 0 atom stereocenters. The standard InChI is InChI=1S/C16H22N4O4.ClH/c17-11-6-13-14(24-9-23-13)7-12(11)20-15(21)8-18-16(22)19-10-4-2-1-3-5-10;/h6-7,10H,1-5,8-9,17H2,(H,20,21)(H2,18,19,22);1H. The molecular weight excluding hydrogens is 348 g/mol. The highest BCUT2D eigenvalue weighted by Gasteiger charge is 2.18. The summed E-state index contributed by atoms with van der Waals surface area (Å²) in [5, 5.41) is 8.11. The summed E-state index contributed by atoms with van der Waals surface area (Å²) < 4.78 is 10.5. The van der Waals surface area contributed by atoms with Gasteiger partial charge in [0.2, 0.25) is 12.7 Å². The molecule has 3 amide bonds. The van der Waals surface area contributed by atoms with E-state index < -0.39 is 0 Å². The molecule has 3 rings (SSSR count). The van der Waals surface area contributed by atoms with Crippen LogP contribution >= 0.6 is 12.4 Å². The average Bonchev–Trinajstić information content (AvgIpc) is 3.01. The van der Waals surface area contributed by atoms with Crippen molar-refractivity contribution in [3.05, 3.63) is 12.1 Å². The van der Waals surface area contributed by atoms with Gasteiger partial charge in [-0.1, -0.05) is 19.3 Å². The minimum absolute atomic E-state index is 0. The lowest BCUT2D eigenvalue weighted by Gasteiger charge is -2.22. The van der Waals surface area contributed by atoms with Gasteiger partial charge in [-0.2, -0.15) is 0 Å². The van der Waals surface area contributed by atoms with Gasteiger partial charge in [-0.05, 0) is 12.8 Å². The Bertz CT molecular complexity index is 635. The largest absolute Gasteiger partial charge is 0.454 e. The number of urea groups is 1. The molecule has 25 heavy (non-hydrogen) atoms. The normalized spacial score (nSPS) is 15.8. The summed E-state index contributed by atoms with van der Waals surface area (Å²) in [5.74, 6) is 0.720. The first-order valence-corrected chi connectivity index (χ1v) is 8.15. The van der Waals surface area contributed by atoms with Crippen LogP contribution in [0.2, 0.25) is 0 Å². The van der Waals surface area contributed by atoms with Crippen molar-refractivity contribution in [3.63, 3.8) is 0 Å². The number of amides is 3. The second-order valence-electron chi connectivity index (χ2n) is 6.00. The van der Waals surface area contributed by atoms with Gasteiger partial charge in [0.1, 0.15) is 0 Å². The molecule has 1 aliphatic heterocycles. The number of anilines is 2. The lowest BCUT2D eigenvalue weighted by molar-refractivity contribution is -0.115. The molecule has 1 fully saturated rings. The molecule has 138 valence electrons. The number of carbonyl (C=O) groups excluding carboxylic acids is 2. The van der Waals surface area contributed by atoms with Gasteiger partial charge in [-0.15, -0.1) is 12.4 Å². The zero-order valence-electron chi connectivity index (χ0n) is 13.8. The minimum atomic E-state index is -0.362. The maximum absolute atomic E-state index is 12.0. The third-order valence-corrected chi connectivity index (χ3v) is 4.17. The van der Waals surface area contributed by atoms with Crippen LogP contribution in [0, 0.1) is 0 Å². The molecule has 9 heteroatoms. The highest BCUT2D eigenvalue weighted by molar-refractivity contribution is 5.97. The van der Waals surface area contributed by atoms with Crippen LogP contribution in [0.5, 0.6) is 11.5 Å². The van der Waals surface area contributed by atoms with Gasteiger partial charge in [0.05, 0.1) is 17.9 Å². The number of fused-ring (bicyclic) bond motifs is 1. The zero-order chi connectivity index (χ0) is 16.9. The Morgan fingerprint density at radius 1 is 1.12 bits per heavy atom. The molecule has 1 aromatic carbocycles. The summed E-state index contributed by atoms with van der Waals surface area (Å²) in [6.45, 7) is 0.00149. The summed E-state index contributed by atoms with van der Waals surface area (Å²) in [4.78, 5) is 23.8. The molecule has 1 aliphatic carbocycles. The van der Waals surface area contributed by atoms with Crippen LogP contribution in [0.1, 0.15) is 32.1 Å². The van der Waals surface area contributed by atoms with Crippen molar-refractivity contribution >= 4 is 35.7 Å². The van der Waals surface area contributed by atoms with Crippen LogP contribution < -0.4 is 31.2 Å². The van der Waals surface area contributed by atoms with E-state index in [0.29, 0.717) is 22.9 Å². The Morgan fingerprint density at radius 3 is 2.52 bits per heavy atom. The fourth-order valence-electron chi connectivity index (χ4n) is 2.90. The summed E-state index contributed by atoms with van der Waals surface area (Å²) in [5.41, 5.74) is 6.68.